The molecule has 8 nitrogen and oxygen atoms in total. The van der Waals surface area contributed by atoms with Gasteiger partial charge in [-0.2, -0.15) is 0 Å². The molecule has 21 heavy (non-hydrogen) atoms. The van der Waals surface area contributed by atoms with E-state index in [-0.39, 0.29) is 17.4 Å². The van der Waals surface area contributed by atoms with Crippen molar-refractivity contribution in [1.82, 2.24) is 20.4 Å². The molecule has 1 saturated heterocycles. The molecule has 0 unspecified atom stereocenters. The number of hydrogen-bond donors (Lipinski definition) is 0. The van der Waals surface area contributed by atoms with Crippen molar-refractivity contribution in [3.8, 4) is 0 Å². The molecular formula is C11H14N4O4S2. The minimum atomic E-state index is -2.88. The van der Waals surface area contributed by atoms with Gasteiger partial charge in [0, 0.05) is 13.3 Å². The van der Waals surface area contributed by atoms with E-state index in [9.17, 15) is 8.42 Å². The Morgan fingerprint density at radius 3 is 2.67 bits per heavy atom. The predicted octanol–water partition coefficient (Wildman–Crippen LogP) is 1.03. The Morgan fingerprint density at radius 2 is 2.00 bits per heavy atom. The summed E-state index contributed by atoms with van der Waals surface area (Å²) in [5.74, 6) is 2.48. The zero-order valence-electron chi connectivity index (χ0n) is 11.4. The van der Waals surface area contributed by atoms with E-state index >= 15 is 0 Å². The molecule has 2 aromatic rings. The molecule has 0 N–H and O–H groups in total. The van der Waals surface area contributed by atoms with Crippen molar-refractivity contribution in [3.63, 3.8) is 0 Å². The molecule has 0 aromatic carbocycles. The topological polar surface area (TPSA) is 112 Å². The van der Waals surface area contributed by atoms with Gasteiger partial charge in [-0.05, 0) is 12.3 Å². The SMILES string of the molecule is Cc1nnc(CSc2nnc(C[C@H]3CCS(=O)(=O)C3)o2)o1. The highest BCUT2D eigenvalue weighted by atomic mass is 32.2. The Bertz CT molecular complexity index is 724. The summed E-state index contributed by atoms with van der Waals surface area (Å²) in [5.41, 5.74) is 0. The highest BCUT2D eigenvalue weighted by Crippen LogP contribution is 2.25. The van der Waals surface area contributed by atoms with E-state index in [1.54, 1.807) is 6.92 Å². The second-order valence-corrected chi connectivity index (χ2v) is 8.09. The second-order valence-electron chi connectivity index (χ2n) is 4.94. The Hall–Kier alpha value is -1.42. The Balaban J connectivity index is 1.54. The van der Waals surface area contributed by atoms with Crippen LogP contribution in [0.3, 0.4) is 0 Å². The molecule has 3 rings (SSSR count). The fourth-order valence-electron chi connectivity index (χ4n) is 2.18. The van der Waals surface area contributed by atoms with Crippen molar-refractivity contribution < 1.29 is 17.3 Å². The van der Waals surface area contributed by atoms with Crippen molar-refractivity contribution in [2.45, 2.75) is 30.7 Å². The first kappa shape index (κ1) is 14.5. The maximum absolute atomic E-state index is 11.4. The Morgan fingerprint density at radius 1 is 1.19 bits per heavy atom. The van der Waals surface area contributed by atoms with E-state index in [0.29, 0.717) is 41.5 Å². The molecule has 114 valence electrons. The first-order chi connectivity index (χ1) is 10.00. The van der Waals surface area contributed by atoms with Crippen molar-refractivity contribution in [2.24, 2.45) is 5.92 Å². The maximum atomic E-state index is 11.4. The van der Waals surface area contributed by atoms with Crippen LogP contribution in [0, 0.1) is 12.8 Å². The minimum absolute atomic E-state index is 0.0758. The van der Waals surface area contributed by atoms with E-state index in [1.165, 1.54) is 11.8 Å². The molecule has 1 aliphatic heterocycles. The van der Waals surface area contributed by atoms with Crippen LogP contribution in [0.15, 0.2) is 14.1 Å². The maximum Gasteiger partial charge on any atom is 0.277 e. The molecule has 0 bridgehead atoms. The highest BCUT2D eigenvalue weighted by Gasteiger charge is 2.29. The molecular weight excluding hydrogens is 316 g/mol. The number of aromatic nitrogens is 4. The summed E-state index contributed by atoms with van der Waals surface area (Å²) < 4.78 is 33.5. The summed E-state index contributed by atoms with van der Waals surface area (Å²) in [5, 5.41) is 15.9. The van der Waals surface area contributed by atoms with Crippen LogP contribution in [0.1, 0.15) is 24.1 Å². The first-order valence-electron chi connectivity index (χ1n) is 6.45. The molecule has 0 aliphatic carbocycles. The second kappa shape index (κ2) is 5.76. The number of thioether (sulfide) groups is 1. The lowest BCUT2D eigenvalue weighted by molar-refractivity contribution is 0.388. The summed E-state index contributed by atoms with van der Waals surface area (Å²) in [6.45, 7) is 1.72. The molecule has 0 spiro atoms. The zero-order valence-corrected chi connectivity index (χ0v) is 13.0. The van der Waals surface area contributed by atoms with Gasteiger partial charge < -0.3 is 8.83 Å². The van der Waals surface area contributed by atoms with Crippen LogP contribution in [0.4, 0.5) is 0 Å². The number of sulfone groups is 1. The summed E-state index contributed by atoms with van der Waals surface area (Å²) in [6, 6.07) is 0. The fourth-order valence-corrected chi connectivity index (χ4v) is 4.66. The summed E-state index contributed by atoms with van der Waals surface area (Å²) in [6.07, 6.45) is 1.17. The van der Waals surface area contributed by atoms with Crippen molar-refractivity contribution in [1.29, 1.82) is 0 Å². The number of aryl methyl sites for hydroxylation is 1. The van der Waals surface area contributed by atoms with Crippen LogP contribution >= 0.6 is 11.8 Å². The number of nitrogens with zero attached hydrogens (tertiary/aromatic N) is 4. The first-order valence-corrected chi connectivity index (χ1v) is 9.25. The Labute approximate surface area is 125 Å². The van der Waals surface area contributed by atoms with Gasteiger partial charge in [-0.15, -0.1) is 20.4 Å². The monoisotopic (exact) mass is 330 g/mol. The Kier molecular flexibility index (Phi) is 3.98. The lowest BCUT2D eigenvalue weighted by Crippen LogP contribution is -2.07. The molecule has 0 radical (unpaired) electrons. The van der Waals surface area contributed by atoms with Crippen LogP contribution in [0.25, 0.3) is 0 Å². The summed E-state index contributed by atoms with van der Waals surface area (Å²) >= 11 is 1.31. The lowest BCUT2D eigenvalue weighted by atomic mass is 10.1. The molecule has 0 saturated carbocycles. The van der Waals surface area contributed by atoms with E-state index in [2.05, 4.69) is 20.4 Å². The molecule has 10 heteroatoms. The lowest BCUT2D eigenvalue weighted by Gasteiger charge is -2.01. The van der Waals surface area contributed by atoms with Crippen LogP contribution in [-0.2, 0) is 22.0 Å². The minimum Gasteiger partial charge on any atom is -0.425 e. The van der Waals surface area contributed by atoms with Crippen molar-refractivity contribution >= 4 is 21.6 Å². The average molecular weight is 330 g/mol. The van der Waals surface area contributed by atoms with Crippen LogP contribution < -0.4 is 0 Å². The largest absolute Gasteiger partial charge is 0.425 e. The van der Waals surface area contributed by atoms with Crippen LogP contribution in [0.2, 0.25) is 0 Å². The fraction of sp³-hybridized carbons (Fsp3) is 0.636. The standard InChI is InChI=1S/C11H14N4O4S2/c1-7-12-14-10(18-7)5-20-11-15-13-9(19-11)4-8-2-3-21(16,17)6-8/h8H,2-6H2,1H3/t8-/m1/s1. The highest BCUT2D eigenvalue weighted by molar-refractivity contribution is 7.98. The molecule has 0 amide bonds. The van der Waals surface area contributed by atoms with E-state index in [0.717, 1.165) is 0 Å². The van der Waals surface area contributed by atoms with Gasteiger partial charge >= 0.3 is 0 Å². The van der Waals surface area contributed by atoms with Crippen molar-refractivity contribution in [3.05, 3.63) is 17.7 Å². The predicted molar refractivity (Wildman–Crippen MR) is 73.4 cm³/mol. The third kappa shape index (κ3) is 3.82. The molecule has 2 aromatic heterocycles. The van der Waals surface area contributed by atoms with Gasteiger partial charge in [-0.25, -0.2) is 8.42 Å². The zero-order chi connectivity index (χ0) is 14.9. The van der Waals surface area contributed by atoms with Gasteiger partial charge in [-0.1, -0.05) is 11.8 Å². The molecule has 1 aliphatic rings. The summed E-state index contributed by atoms with van der Waals surface area (Å²) in [7, 11) is -2.88. The van der Waals surface area contributed by atoms with Gasteiger partial charge in [0.15, 0.2) is 9.84 Å². The molecule has 1 atom stereocenters. The number of rotatable bonds is 5. The van der Waals surface area contributed by atoms with Gasteiger partial charge in [0.05, 0.1) is 17.3 Å². The van der Waals surface area contributed by atoms with Gasteiger partial charge in [-0.3, -0.25) is 0 Å². The van der Waals surface area contributed by atoms with E-state index in [1.807, 2.05) is 0 Å². The van der Waals surface area contributed by atoms with Gasteiger partial charge in [0.1, 0.15) is 0 Å². The molecule has 3 heterocycles. The van der Waals surface area contributed by atoms with Crippen molar-refractivity contribution in [2.75, 3.05) is 11.5 Å². The quantitative estimate of drug-likeness (QED) is 0.742. The van der Waals surface area contributed by atoms with Crippen LogP contribution in [-0.4, -0.2) is 40.3 Å². The molecule has 1 fully saturated rings. The average Bonchev–Trinajstić information content (AvgIpc) is 3.09. The third-order valence-corrected chi connectivity index (χ3v) is 5.77. The summed E-state index contributed by atoms with van der Waals surface area (Å²) in [4.78, 5) is 0. The normalized spacial score (nSPS) is 20.9. The van der Waals surface area contributed by atoms with E-state index in [4.69, 9.17) is 8.83 Å². The number of hydrogen-bond acceptors (Lipinski definition) is 9. The smallest absolute Gasteiger partial charge is 0.277 e. The van der Waals surface area contributed by atoms with E-state index < -0.39 is 9.84 Å². The van der Waals surface area contributed by atoms with Gasteiger partial charge in [0.2, 0.25) is 17.7 Å². The third-order valence-electron chi connectivity index (χ3n) is 3.13. The van der Waals surface area contributed by atoms with Gasteiger partial charge in [0.25, 0.3) is 5.22 Å². The van der Waals surface area contributed by atoms with Crippen LogP contribution in [0.5, 0.6) is 0 Å².